The molecule has 1 unspecified atom stereocenters. The fourth-order valence-corrected chi connectivity index (χ4v) is 4.06. The lowest BCUT2D eigenvalue weighted by atomic mass is 9.90. The van der Waals surface area contributed by atoms with E-state index in [1.807, 2.05) is 0 Å². The summed E-state index contributed by atoms with van der Waals surface area (Å²) in [5, 5.41) is 2.52. The Hall–Kier alpha value is -4.27. The Kier molecular flexibility index (Phi) is 3.87. The predicted molar refractivity (Wildman–Crippen MR) is 162 cm³/mol. The van der Waals surface area contributed by atoms with Crippen molar-refractivity contribution >= 4 is 40.3 Å². The number of likely N-dealkylation sites (N-methyl/N-ethyl adjacent to an activating group) is 2. The molecule has 0 aromatic heterocycles. The maximum absolute atomic E-state index is 14.0. The van der Waals surface area contributed by atoms with Crippen LogP contribution < -0.4 is 10.2 Å². The van der Waals surface area contributed by atoms with E-state index in [0.717, 1.165) is 21.1 Å². The van der Waals surface area contributed by atoms with E-state index in [4.69, 9.17) is 30.8 Å². The molecule has 41 heavy (non-hydrogen) atoms. The van der Waals surface area contributed by atoms with Gasteiger partial charge in [-0.1, -0.05) is 48.4 Å². The SMILES string of the molecule is [2H]c1c([2H])c([2H])c(/C(Cc2c([2H])c([2H])c(N(C(=O)CN3C([2H])([2H])C([2H])([2H])N(C)C([2H])(C)C3([2H])[2H])C([2H])([2H])[2H])c([2H])c2[2H])=C2/C(=O)Nc3cc(C(=O)OC)ccc32)c([2H])c1[2H]. The number of allylic oxidation sites excluding steroid dienone is 1. The van der Waals surface area contributed by atoms with Crippen molar-refractivity contribution in [3.63, 3.8) is 0 Å². The molecule has 5 rings (SSSR count). The van der Waals surface area contributed by atoms with Gasteiger partial charge in [-0.05, 0) is 61.3 Å². The van der Waals surface area contributed by atoms with Crippen LogP contribution >= 0.6 is 0 Å². The lowest BCUT2D eigenvalue weighted by molar-refractivity contribution is -0.120. The molecule has 2 heterocycles. The summed E-state index contributed by atoms with van der Waals surface area (Å²) in [5.41, 5.74) is -3.07. The van der Waals surface area contributed by atoms with Crippen LogP contribution in [-0.4, -0.2) is 80.8 Å². The molecule has 2 aliphatic heterocycles. The number of carbonyl (C=O) groups excluding carboxylic acids is 3. The number of carbonyl (C=O) groups is 3. The van der Waals surface area contributed by atoms with Crippen molar-refractivity contribution in [3.8, 4) is 0 Å². The Labute approximate surface area is 267 Å². The average molecular weight is 572 g/mol. The van der Waals surface area contributed by atoms with E-state index >= 15 is 0 Å². The molecule has 1 N–H and O–H groups in total. The number of esters is 1. The number of rotatable bonds is 7. The maximum atomic E-state index is 14.0. The van der Waals surface area contributed by atoms with Crippen molar-refractivity contribution in [2.24, 2.45) is 0 Å². The first-order valence-corrected chi connectivity index (χ1v) is 12.1. The van der Waals surface area contributed by atoms with Crippen LogP contribution in [0, 0.1) is 0 Å². The van der Waals surface area contributed by atoms with Gasteiger partial charge in [-0.15, -0.1) is 0 Å². The second-order valence-corrected chi connectivity index (χ2v) is 8.86. The van der Waals surface area contributed by atoms with Crippen molar-refractivity contribution in [2.75, 3.05) is 57.4 Å². The number of hydrogen-bond acceptors (Lipinski definition) is 6. The third-order valence-electron chi connectivity index (χ3n) is 6.22. The van der Waals surface area contributed by atoms with Gasteiger partial charge in [0.1, 0.15) is 0 Å². The third-order valence-corrected chi connectivity index (χ3v) is 6.22. The van der Waals surface area contributed by atoms with Gasteiger partial charge in [0, 0.05) is 63.1 Å². The molecule has 8 nitrogen and oxygen atoms in total. The molecule has 3 aromatic carbocycles. The highest BCUT2D eigenvalue weighted by molar-refractivity contribution is 6.37. The minimum Gasteiger partial charge on any atom is -0.465 e. The van der Waals surface area contributed by atoms with Crippen LogP contribution in [0.15, 0.2) is 72.6 Å². The number of anilines is 2. The molecule has 0 radical (unpaired) electrons. The van der Waals surface area contributed by atoms with Gasteiger partial charge in [-0.3, -0.25) is 14.5 Å². The Morgan fingerprint density at radius 2 is 1.90 bits per heavy atom. The van der Waals surface area contributed by atoms with E-state index in [0.29, 0.717) is 4.90 Å². The molecule has 0 saturated carbocycles. The average Bonchev–Trinajstić information content (AvgIpc) is 3.49. The summed E-state index contributed by atoms with van der Waals surface area (Å²) in [6, 6.07) is -7.34. The smallest absolute Gasteiger partial charge is 0.337 e. The number of hydrogen-bond donors (Lipinski definition) is 1. The lowest BCUT2D eigenvalue weighted by Crippen LogP contribution is -2.52. The number of amides is 2. The second-order valence-electron chi connectivity index (χ2n) is 8.86. The Morgan fingerprint density at radius 1 is 1.15 bits per heavy atom. The van der Waals surface area contributed by atoms with Gasteiger partial charge < -0.3 is 19.9 Å². The first-order chi connectivity index (χ1) is 27.3. The number of benzene rings is 3. The number of methoxy groups -OCH3 is 1. The van der Waals surface area contributed by atoms with E-state index < -0.39 is 140 Å². The predicted octanol–water partition coefficient (Wildman–Crippen LogP) is 4.18. The summed E-state index contributed by atoms with van der Waals surface area (Å²) in [6.45, 7) is -14.1. The maximum Gasteiger partial charge on any atom is 0.337 e. The number of fused-ring (bicyclic) bond motifs is 1. The molecule has 0 aliphatic carbocycles. The minimum absolute atomic E-state index is 0.00183. The highest BCUT2D eigenvalue weighted by atomic mass is 16.5. The fraction of sp³-hybridized carbons (Fsp3) is 0.303. The van der Waals surface area contributed by atoms with E-state index in [1.165, 1.54) is 18.2 Å². The van der Waals surface area contributed by atoms with Crippen LogP contribution in [0.1, 0.15) is 60.0 Å². The van der Waals surface area contributed by atoms with E-state index in [1.54, 1.807) is 0 Å². The Morgan fingerprint density at radius 3 is 2.61 bits per heavy atom. The van der Waals surface area contributed by atoms with Gasteiger partial charge in [0.05, 0.1) is 37.1 Å². The molecular formula is C33H36N4O4. The number of piperazine rings is 1. The third kappa shape index (κ3) is 6.09. The van der Waals surface area contributed by atoms with Crippen LogP contribution in [0.3, 0.4) is 0 Å². The van der Waals surface area contributed by atoms with Gasteiger partial charge in [-0.2, -0.15) is 0 Å². The van der Waals surface area contributed by atoms with Crippen LogP contribution in [0.4, 0.5) is 11.4 Å². The van der Waals surface area contributed by atoms with Crippen molar-refractivity contribution < 1.29 is 45.2 Å². The van der Waals surface area contributed by atoms with Crippen LogP contribution in [0.2, 0.25) is 0 Å². The fourth-order valence-electron chi connectivity index (χ4n) is 4.06. The largest absolute Gasteiger partial charge is 0.465 e. The van der Waals surface area contributed by atoms with Crippen molar-refractivity contribution in [1.29, 1.82) is 0 Å². The zero-order valence-corrected chi connectivity index (χ0v) is 22.1. The standard InChI is InChI=1S/C33H36N4O4/c1-22-20-37(17-16-35(22)2)21-30(38)36(3)26-13-10-23(11-14-26)18-28(24-8-6-5-7-9-24)31-27-15-12-25(33(40)41-4)19-29(27)34-32(31)39/h5-15,19,22H,16-18,20-21H2,1-4H3,(H,34,39)/b31-28+/i3D3,5D,6D,7D,8D,9D,10D,11D,13D,14D,16D2,17D2,20D2,22D. The summed E-state index contributed by atoms with van der Waals surface area (Å²) in [7, 11) is 2.06. The molecule has 1 atom stereocenters. The Balaban J connectivity index is 1.74. The molecule has 3 aromatic rings. The number of nitrogens with zero attached hydrogens (tertiary/aromatic N) is 3. The van der Waals surface area contributed by atoms with Gasteiger partial charge in [0.2, 0.25) is 5.91 Å². The van der Waals surface area contributed by atoms with Crippen molar-refractivity contribution in [2.45, 2.75) is 19.4 Å². The van der Waals surface area contributed by atoms with Gasteiger partial charge >= 0.3 is 5.97 Å². The molecule has 212 valence electrons. The quantitative estimate of drug-likeness (QED) is 0.339. The molecule has 1 fully saturated rings. The molecule has 0 bridgehead atoms. The first kappa shape index (κ1) is 13.1. The van der Waals surface area contributed by atoms with E-state index in [9.17, 15) is 14.4 Å². The zero-order chi connectivity index (χ0) is 45.7. The second kappa shape index (κ2) is 12.1. The van der Waals surface area contributed by atoms with Crippen LogP contribution in [0.5, 0.6) is 0 Å². The van der Waals surface area contributed by atoms with E-state index in [-0.39, 0.29) is 32.2 Å². The molecule has 0 spiro atoms. The zero-order valence-electron chi connectivity index (χ0n) is 41.1. The van der Waals surface area contributed by atoms with Gasteiger partial charge in [0.25, 0.3) is 5.91 Å². The summed E-state index contributed by atoms with van der Waals surface area (Å²) < 4.78 is 167. The normalized spacial score (nSPS) is 30.9. The molecule has 1 saturated heterocycles. The highest BCUT2D eigenvalue weighted by Crippen LogP contribution is 2.39. The summed E-state index contributed by atoms with van der Waals surface area (Å²) in [5.74, 6) is -3.43. The van der Waals surface area contributed by atoms with Crippen molar-refractivity contribution in [3.05, 3.63) is 94.8 Å². The molecule has 8 heteroatoms. The summed E-state index contributed by atoms with van der Waals surface area (Å²) >= 11 is 0. The molecule has 2 aliphatic rings. The summed E-state index contributed by atoms with van der Waals surface area (Å²) in [4.78, 5) is 40.3. The number of nitrogens with one attached hydrogen (secondary N) is 1. The minimum atomic E-state index is -3.67. The van der Waals surface area contributed by atoms with Gasteiger partial charge in [0.15, 0.2) is 0 Å². The van der Waals surface area contributed by atoms with Crippen molar-refractivity contribution in [1.82, 2.24) is 9.80 Å². The molecule has 2 amide bonds. The topological polar surface area (TPSA) is 82.2 Å². The molecular weight excluding hydrogens is 516 g/mol. The van der Waals surface area contributed by atoms with Gasteiger partial charge in [-0.25, -0.2) is 4.79 Å². The number of ether oxygens (including phenoxy) is 1. The van der Waals surface area contributed by atoms with E-state index in [2.05, 4.69) is 5.32 Å². The van der Waals surface area contributed by atoms with Crippen LogP contribution in [-0.2, 0) is 20.7 Å². The lowest BCUT2D eigenvalue weighted by Gasteiger charge is -2.37. The Bertz CT molecular complexity index is 2310. The monoisotopic (exact) mass is 571 g/mol. The first-order valence-electron chi connectivity index (χ1n) is 21.6. The highest BCUT2D eigenvalue weighted by Gasteiger charge is 2.29. The van der Waals surface area contributed by atoms with Crippen LogP contribution in [0.25, 0.3) is 11.1 Å². The summed E-state index contributed by atoms with van der Waals surface area (Å²) in [6.07, 6.45) is -0.884.